The first-order valence-electron chi connectivity index (χ1n) is 8.24. The monoisotopic (exact) mass is 346 g/mol. The number of hydrogen-bond donors (Lipinski definition) is 2. The molecular formula is C16H22N6O3. The second kappa shape index (κ2) is 6.66. The molecule has 1 aliphatic heterocycles. The SMILES string of the molecule is Cc1nc(C2CN(C(=O)CCc3c(C)noc3C)CC2C(N)=O)n[nH]1. The number of nitrogens with zero attached hydrogens (tertiary/aromatic N) is 4. The number of rotatable bonds is 5. The summed E-state index contributed by atoms with van der Waals surface area (Å²) < 4.78 is 5.12. The van der Waals surface area contributed by atoms with Gasteiger partial charge in [-0.1, -0.05) is 5.16 Å². The van der Waals surface area contributed by atoms with Gasteiger partial charge in [-0.15, -0.1) is 0 Å². The minimum absolute atomic E-state index is 0.0268. The van der Waals surface area contributed by atoms with Gasteiger partial charge in [-0.3, -0.25) is 14.7 Å². The van der Waals surface area contributed by atoms with Crippen LogP contribution in [-0.2, 0) is 16.0 Å². The lowest BCUT2D eigenvalue weighted by molar-refractivity contribution is -0.130. The van der Waals surface area contributed by atoms with Gasteiger partial charge in [0.25, 0.3) is 0 Å². The van der Waals surface area contributed by atoms with E-state index >= 15 is 0 Å². The van der Waals surface area contributed by atoms with E-state index in [1.54, 1.807) is 11.8 Å². The van der Waals surface area contributed by atoms with Gasteiger partial charge in [0, 0.05) is 25.1 Å². The van der Waals surface area contributed by atoms with E-state index in [1.807, 2.05) is 13.8 Å². The molecule has 2 amide bonds. The normalized spacial score (nSPS) is 20.2. The number of likely N-dealkylation sites (tertiary alicyclic amines) is 1. The van der Waals surface area contributed by atoms with Gasteiger partial charge in [0.15, 0.2) is 5.82 Å². The number of aryl methyl sites for hydroxylation is 3. The van der Waals surface area contributed by atoms with Gasteiger partial charge in [-0.05, 0) is 27.2 Å². The largest absolute Gasteiger partial charge is 0.369 e. The first-order chi connectivity index (χ1) is 11.9. The van der Waals surface area contributed by atoms with Crippen LogP contribution < -0.4 is 5.73 Å². The van der Waals surface area contributed by atoms with Crippen LogP contribution in [0.5, 0.6) is 0 Å². The topological polar surface area (TPSA) is 131 Å². The molecule has 9 heteroatoms. The Morgan fingerprint density at radius 3 is 2.64 bits per heavy atom. The second-order valence-corrected chi connectivity index (χ2v) is 6.50. The molecule has 0 aliphatic carbocycles. The predicted octanol–water partition coefficient (Wildman–Crippen LogP) is 0.378. The first-order valence-corrected chi connectivity index (χ1v) is 8.24. The van der Waals surface area contributed by atoms with Gasteiger partial charge >= 0.3 is 0 Å². The first kappa shape index (κ1) is 17.1. The van der Waals surface area contributed by atoms with Crippen molar-refractivity contribution in [3.05, 3.63) is 28.7 Å². The Labute approximate surface area is 145 Å². The maximum absolute atomic E-state index is 12.6. The van der Waals surface area contributed by atoms with Crippen molar-refractivity contribution in [2.45, 2.75) is 39.5 Å². The zero-order valence-electron chi connectivity index (χ0n) is 14.6. The maximum atomic E-state index is 12.6. The highest BCUT2D eigenvalue weighted by molar-refractivity contribution is 5.82. The number of primary amides is 1. The molecule has 1 saturated heterocycles. The van der Waals surface area contributed by atoms with Crippen LogP contribution >= 0.6 is 0 Å². The summed E-state index contributed by atoms with van der Waals surface area (Å²) in [4.78, 5) is 30.3. The van der Waals surface area contributed by atoms with Crippen LogP contribution in [0.1, 0.15) is 41.0 Å². The fraction of sp³-hybridized carbons (Fsp3) is 0.562. The number of amides is 2. The average Bonchev–Trinajstić information content (AvgIpc) is 3.25. The van der Waals surface area contributed by atoms with Gasteiger partial charge in [0.2, 0.25) is 11.8 Å². The summed E-state index contributed by atoms with van der Waals surface area (Å²) in [5, 5.41) is 10.8. The van der Waals surface area contributed by atoms with Gasteiger partial charge in [0.05, 0.1) is 17.5 Å². The van der Waals surface area contributed by atoms with E-state index in [2.05, 4.69) is 20.3 Å². The molecule has 0 spiro atoms. The van der Waals surface area contributed by atoms with Crippen molar-refractivity contribution < 1.29 is 14.1 Å². The average molecular weight is 346 g/mol. The van der Waals surface area contributed by atoms with Gasteiger partial charge in [-0.2, -0.15) is 5.10 Å². The summed E-state index contributed by atoms with van der Waals surface area (Å²) in [7, 11) is 0. The quantitative estimate of drug-likeness (QED) is 0.804. The number of hydrogen-bond acceptors (Lipinski definition) is 6. The van der Waals surface area contributed by atoms with Crippen LogP contribution in [0, 0.1) is 26.7 Å². The molecule has 2 aromatic heterocycles. The van der Waals surface area contributed by atoms with Gasteiger partial charge in [-0.25, -0.2) is 4.98 Å². The lowest BCUT2D eigenvalue weighted by Crippen LogP contribution is -2.32. The van der Waals surface area contributed by atoms with Crippen LogP contribution in [0.3, 0.4) is 0 Å². The van der Waals surface area contributed by atoms with E-state index in [9.17, 15) is 9.59 Å². The van der Waals surface area contributed by atoms with Crippen molar-refractivity contribution in [3.63, 3.8) is 0 Å². The molecule has 0 saturated carbocycles. The van der Waals surface area contributed by atoms with E-state index in [0.717, 1.165) is 17.0 Å². The molecule has 0 radical (unpaired) electrons. The molecule has 2 aromatic rings. The number of nitrogens with one attached hydrogen (secondary N) is 1. The molecule has 134 valence electrons. The molecule has 0 bridgehead atoms. The maximum Gasteiger partial charge on any atom is 0.223 e. The molecule has 2 unspecified atom stereocenters. The van der Waals surface area contributed by atoms with Crippen molar-refractivity contribution in [1.82, 2.24) is 25.2 Å². The summed E-state index contributed by atoms with van der Waals surface area (Å²) in [6.45, 7) is 6.17. The van der Waals surface area contributed by atoms with Crippen molar-refractivity contribution >= 4 is 11.8 Å². The Morgan fingerprint density at radius 1 is 1.32 bits per heavy atom. The summed E-state index contributed by atoms with van der Waals surface area (Å²) in [5.41, 5.74) is 7.28. The Morgan fingerprint density at radius 2 is 2.08 bits per heavy atom. The molecule has 9 nitrogen and oxygen atoms in total. The third-order valence-electron chi connectivity index (χ3n) is 4.75. The second-order valence-electron chi connectivity index (χ2n) is 6.50. The molecular weight excluding hydrogens is 324 g/mol. The number of carbonyl (C=O) groups excluding carboxylic acids is 2. The van der Waals surface area contributed by atoms with Crippen LogP contribution in [0.15, 0.2) is 4.52 Å². The molecule has 1 fully saturated rings. The van der Waals surface area contributed by atoms with Gasteiger partial charge in [0.1, 0.15) is 11.6 Å². The number of carbonyl (C=O) groups is 2. The molecule has 3 rings (SSSR count). The van der Waals surface area contributed by atoms with Crippen LogP contribution in [-0.4, -0.2) is 50.1 Å². The molecule has 0 aromatic carbocycles. The molecule has 3 N–H and O–H groups in total. The van der Waals surface area contributed by atoms with Crippen LogP contribution in [0.2, 0.25) is 0 Å². The third kappa shape index (κ3) is 3.40. The third-order valence-corrected chi connectivity index (χ3v) is 4.75. The Hall–Kier alpha value is -2.71. The van der Waals surface area contributed by atoms with Gasteiger partial charge < -0.3 is 15.2 Å². The Kier molecular flexibility index (Phi) is 4.56. The zero-order valence-corrected chi connectivity index (χ0v) is 14.6. The standard InChI is InChI=1S/C16H22N6O3/c1-8-11(9(2)25-21-8)4-5-14(23)22-6-12(15(17)24)13(7-22)16-18-10(3)19-20-16/h12-13H,4-7H2,1-3H3,(H2,17,24)(H,18,19,20). The molecule has 2 atom stereocenters. The smallest absolute Gasteiger partial charge is 0.223 e. The van der Waals surface area contributed by atoms with E-state index in [4.69, 9.17) is 10.3 Å². The van der Waals surface area contributed by atoms with E-state index in [0.29, 0.717) is 37.6 Å². The highest BCUT2D eigenvalue weighted by Gasteiger charge is 2.41. The fourth-order valence-corrected chi connectivity index (χ4v) is 3.33. The van der Waals surface area contributed by atoms with E-state index in [1.165, 1.54) is 0 Å². The predicted molar refractivity (Wildman–Crippen MR) is 87.4 cm³/mol. The van der Waals surface area contributed by atoms with Crippen molar-refractivity contribution in [3.8, 4) is 0 Å². The summed E-state index contributed by atoms with van der Waals surface area (Å²) in [5.74, 6) is 0.720. The summed E-state index contributed by atoms with van der Waals surface area (Å²) in [6.07, 6.45) is 0.885. The lowest BCUT2D eigenvalue weighted by atomic mass is 9.95. The number of aromatic amines is 1. The Bertz CT molecular complexity index is 776. The number of H-pyrrole nitrogens is 1. The van der Waals surface area contributed by atoms with Crippen LogP contribution in [0.4, 0.5) is 0 Å². The minimum Gasteiger partial charge on any atom is -0.369 e. The zero-order chi connectivity index (χ0) is 18.1. The number of aromatic nitrogens is 4. The van der Waals surface area contributed by atoms with Crippen molar-refractivity contribution in [2.24, 2.45) is 11.7 Å². The molecule has 3 heterocycles. The van der Waals surface area contributed by atoms with E-state index in [-0.39, 0.29) is 11.8 Å². The molecule has 25 heavy (non-hydrogen) atoms. The van der Waals surface area contributed by atoms with Crippen molar-refractivity contribution in [1.29, 1.82) is 0 Å². The lowest BCUT2D eigenvalue weighted by Gasteiger charge is -2.15. The highest BCUT2D eigenvalue weighted by Crippen LogP contribution is 2.31. The fourth-order valence-electron chi connectivity index (χ4n) is 3.33. The van der Waals surface area contributed by atoms with Crippen molar-refractivity contribution in [2.75, 3.05) is 13.1 Å². The highest BCUT2D eigenvalue weighted by atomic mass is 16.5. The summed E-state index contributed by atoms with van der Waals surface area (Å²) >= 11 is 0. The summed E-state index contributed by atoms with van der Waals surface area (Å²) in [6, 6.07) is 0. The van der Waals surface area contributed by atoms with E-state index < -0.39 is 11.8 Å². The minimum atomic E-state index is -0.474. The molecule has 1 aliphatic rings. The Balaban J connectivity index is 1.68. The number of nitrogens with two attached hydrogens (primary N) is 1. The van der Waals surface area contributed by atoms with Crippen LogP contribution in [0.25, 0.3) is 0 Å².